The summed E-state index contributed by atoms with van der Waals surface area (Å²) in [7, 11) is 0. The number of hydrogen-bond acceptors (Lipinski definition) is 5. The summed E-state index contributed by atoms with van der Waals surface area (Å²) < 4.78 is 29.8. The van der Waals surface area contributed by atoms with E-state index in [1.165, 1.54) is 12.1 Å². The lowest BCUT2D eigenvalue weighted by Gasteiger charge is -2.21. The lowest BCUT2D eigenvalue weighted by Crippen LogP contribution is -2.27. The average Bonchev–Trinajstić information content (AvgIpc) is 3.21. The van der Waals surface area contributed by atoms with Crippen LogP contribution in [0.2, 0.25) is 0 Å². The number of aromatic nitrogens is 1. The summed E-state index contributed by atoms with van der Waals surface area (Å²) >= 11 is 0. The Labute approximate surface area is 167 Å². The summed E-state index contributed by atoms with van der Waals surface area (Å²) in [5, 5.41) is 2.97. The van der Waals surface area contributed by atoms with Gasteiger partial charge in [-0.05, 0) is 48.9 Å². The molecule has 1 aliphatic heterocycles. The van der Waals surface area contributed by atoms with E-state index < -0.39 is 0 Å². The molecule has 3 aromatic rings. The van der Waals surface area contributed by atoms with Crippen LogP contribution in [0.25, 0.3) is 11.3 Å². The van der Waals surface area contributed by atoms with Gasteiger partial charge >= 0.3 is 0 Å². The molecular formula is C22H21FN2O4. The van der Waals surface area contributed by atoms with Gasteiger partial charge in [0.15, 0.2) is 23.1 Å². The van der Waals surface area contributed by atoms with Crippen molar-refractivity contribution in [1.82, 2.24) is 10.3 Å². The first-order valence-electron chi connectivity index (χ1n) is 9.48. The van der Waals surface area contributed by atoms with Crippen molar-refractivity contribution in [1.29, 1.82) is 0 Å². The number of oxazole rings is 1. The number of nitrogens with one attached hydrogen (secondary N) is 1. The first-order chi connectivity index (χ1) is 14.1. The van der Waals surface area contributed by atoms with Crippen LogP contribution < -0.4 is 14.8 Å². The van der Waals surface area contributed by atoms with Crippen LogP contribution >= 0.6 is 0 Å². The molecule has 0 saturated carbocycles. The Bertz CT molecular complexity index is 1000. The van der Waals surface area contributed by atoms with E-state index in [1.54, 1.807) is 18.3 Å². The van der Waals surface area contributed by atoms with Crippen LogP contribution in [0, 0.1) is 5.82 Å². The minimum absolute atomic E-state index is 0.103. The zero-order chi connectivity index (χ0) is 20.2. The van der Waals surface area contributed by atoms with Crippen molar-refractivity contribution in [3.05, 3.63) is 65.9 Å². The number of aryl methyl sites for hydroxylation is 1. The van der Waals surface area contributed by atoms with Gasteiger partial charge in [0.2, 0.25) is 5.91 Å². The predicted molar refractivity (Wildman–Crippen MR) is 104 cm³/mol. The fraction of sp³-hybridized carbons (Fsp3) is 0.273. The molecule has 0 aliphatic carbocycles. The molecule has 0 spiro atoms. The summed E-state index contributed by atoms with van der Waals surface area (Å²) in [6.45, 7) is 2.98. The number of nitrogens with zero attached hydrogens (tertiary/aromatic N) is 1. The highest BCUT2D eigenvalue weighted by atomic mass is 19.1. The summed E-state index contributed by atoms with van der Waals surface area (Å²) in [6.07, 6.45) is 2.21. The van der Waals surface area contributed by atoms with Gasteiger partial charge in [0.05, 0.1) is 12.2 Å². The standard InChI is InChI=1S/C22H21FN2O4/c1-14(16-4-7-18-19(12-16)28-11-10-27-18)25-21(26)8-9-22-24-13-20(29-22)15-2-5-17(23)6-3-15/h2-7,12-14H,8-11H2,1H3,(H,25,26). The van der Waals surface area contributed by atoms with Crippen molar-refractivity contribution in [3.8, 4) is 22.8 Å². The minimum atomic E-state index is -0.308. The summed E-state index contributed by atoms with van der Waals surface area (Å²) in [5.41, 5.74) is 1.68. The third-order valence-electron chi connectivity index (χ3n) is 4.69. The maximum atomic E-state index is 13.0. The Morgan fingerprint density at radius 1 is 1.14 bits per heavy atom. The molecule has 2 heterocycles. The van der Waals surface area contributed by atoms with Crippen LogP contribution in [-0.2, 0) is 11.2 Å². The molecule has 150 valence electrons. The third-order valence-corrected chi connectivity index (χ3v) is 4.69. The van der Waals surface area contributed by atoms with Gasteiger partial charge in [-0.2, -0.15) is 0 Å². The Morgan fingerprint density at radius 3 is 2.69 bits per heavy atom. The minimum Gasteiger partial charge on any atom is -0.486 e. The van der Waals surface area contributed by atoms with Gasteiger partial charge in [-0.3, -0.25) is 4.79 Å². The van der Waals surface area contributed by atoms with Crippen molar-refractivity contribution in [2.24, 2.45) is 0 Å². The number of fused-ring (bicyclic) bond motifs is 1. The Hall–Kier alpha value is -3.35. The molecule has 7 heteroatoms. The van der Waals surface area contributed by atoms with Gasteiger partial charge in [-0.1, -0.05) is 6.07 Å². The van der Waals surface area contributed by atoms with Gasteiger partial charge < -0.3 is 19.2 Å². The summed E-state index contributed by atoms with van der Waals surface area (Å²) in [6, 6.07) is 11.5. The zero-order valence-corrected chi connectivity index (χ0v) is 16.0. The highest BCUT2D eigenvalue weighted by molar-refractivity contribution is 5.76. The van der Waals surface area contributed by atoms with Crippen LogP contribution in [0.1, 0.15) is 30.8 Å². The van der Waals surface area contributed by atoms with Crippen LogP contribution in [0.4, 0.5) is 4.39 Å². The normalized spacial score (nSPS) is 13.7. The fourth-order valence-corrected chi connectivity index (χ4v) is 3.12. The number of ether oxygens (including phenoxy) is 2. The van der Waals surface area contributed by atoms with E-state index in [2.05, 4.69) is 10.3 Å². The Balaban J connectivity index is 1.31. The monoisotopic (exact) mass is 396 g/mol. The molecule has 0 radical (unpaired) electrons. The van der Waals surface area contributed by atoms with Crippen LogP contribution in [0.15, 0.2) is 53.1 Å². The second-order valence-corrected chi connectivity index (χ2v) is 6.82. The van der Waals surface area contributed by atoms with Crippen LogP contribution in [0.3, 0.4) is 0 Å². The molecule has 1 N–H and O–H groups in total. The van der Waals surface area contributed by atoms with Gasteiger partial charge in [0.1, 0.15) is 19.0 Å². The number of carbonyl (C=O) groups is 1. The van der Waals surface area contributed by atoms with E-state index in [9.17, 15) is 9.18 Å². The number of amides is 1. The van der Waals surface area contributed by atoms with Gasteiger partial charge in [0, 0.05) is 18.4 Å². The topological polar surface area (TPSA) is 73.6 Å². The molecule has 2 aromatic carbocycles. The number of hydrogen-bond donors (Lipinski definition) is 1. The Kier molecular flexibility index (Phi) is 5.46. The maximum absolute atomic E-state index is 13.0. The second kappa shape index (κ2) is 8.34. The third kappa shape index (κ3) is 4.56. The van der Waals surface area contributed by atoms with Crippen molar-refractivity contribution in [2.75, 3.05) is 13.2 Å². The molecule has 0 bridgehead atoms. The largest absolute Gasteiger partial charge is 0.486 e. The smallest absolute Gasteiger partial charge is 0.220 e. The molecule has 1 aliphatic rings. The predicted octanol–water partition coefficient (Wildman–Crippen LogP) is 4.06. The van der Waals surface area contributed by atoms with E-state index in [4.69, 9.17) is 13.9 Å². The van der Waals surface area contributed by atoms with Gasteiger partial charge in [0.25, 0.3) is 0 Å². The van der Waals surface area contributed by atoms with Crippen LogP contribution in [0.5, 0.6) is 11.5 Å². The van der Waals surface area contributed by atoms with Crippen molar-refractivity contribution in [3.63, 3.8) is 0 Å². The fourth-order valence-electron chi connectivity index (χ4n) is 3.12. The Morgan fingerprint density at radius 2 is 1.90 bits per heavy atom. The summed E-state index contributed by atoms with van der Waals surface area (Å²) in [5.74, 6) is 2.02. The average molecular weight is 396 g/mol. The highest BCUT2D eigenvalue weighted by Crippen LogP contribution is 2.32. The van der Waals surface area contributed by atoms with E-state index >= 15 is 0 Å². The SMILES string of the molecule is CC(NC(=O)CCc1ncc(-c2ccc(F)cc2)o1)c1ccc2c(c1)OCCO2. The van der Waals surface area contributed by atoms with Crippen molar-refractivity contribution < 1.29 is 23.1 Å². The van der Waals surface area contributed by atoms with Gasteiger partial charge in [-0.15, -0.1) is 0 Å². The molecule has 1 aromatic heterocycles. The zero-order valence-electron chi connectivity index (χ0n) is 16.0. The molecule has 4 rings (SSSR count). The van der Waals surface area contributed by atoms with E-state index in [-0.39, 0.29) is 24.2 Å². The van der Waals surface area contributed by atoms with Gasteiger partial charge in [-0.25, -0.2) is 9.37 Å². The van der Waals surface area contributed by atoms with Crippen molar-refractivity contribution in [2.45, 2.75) is 25.8 Å². The number of rotatable bonds is 6. The molecule has 1 unspecified atom stereocenters. The molecule has 29 heavy (non-hydrogen) atoms. The van der Waals surface area contributed by atoms with Crippen LogP contribution in [-0.4, -0.2) is 24.1 Å². The maximum Gasteiger partial charge on any atom is 0.220 e. The highest BCUT2D eigenvalue weighted by Gasteiger charge is 2.16. The lowest BCUT2D eigenvalue weighted by atomic mass is 10.1. The molecule has 1 amide bonds. The number of halogens is 1. The quantitative estimate of drug-likeness (QED) is 0.680. The second-order valence-electron chi connectivity index (χ2n) is 6.82. The van der Waals surface area contributed by atoms with E-state index in [0.717, 1.165) is 16.9 Å². The number of carbonyl (C=O) groups excluding carboxylic acids is 1. The molecule has 0 saturated heterocycles. The molecular weight excluding hydrogens is 375 g/mol. The molecule has 0 fully saturated rings. The van der Waals surface area contributed by atoms with E-state index in [0.29, 0.717) is 37.0 Å². The lowest BCUT2D eigenvalue weighted by molar-refractivity contribution is -0.121. The van der Waals surface area contributed by atoms with E-state index in [1.807, 2.05) is 25.1 Å². The summed E-state index contributed by atoms with van der Waals surface area (Å²) in [4.78, 5) is 16.5. The molecule has 6 nitrogen and oxygen atoms in total. The first-order valence-corrected chi connectivity index (χ1v) is 9.48. The van der Waals surface area contributed by atoms with Crippen molar-refractivity contribution >= 4 is 5.91 Å². The molecule has 1 atom stereocenters. The first kappa shape index (κ1) is 19.0. The number of benzene rings is 2.